The van der Waals surface area contributed by atoms with Gasteiger partial charge in [0.15, 0.2) is 0 Å². The van der Waals surface area contributed by atoms with Crippen molar-refractivity contribution in [3.05, 3.63) is 96.8 Å². The Morgan fingerprint density at radius 2 is 1.66 bits per heavy atom. The lowest BCUT2D eigenvalue weighted by Gasteiger charge is -2.39. The third-order valence-electron chi connectivity index (χ3n) is 6.48. The van der Waals surface area contributed by atoms with E-state index in [1.165, 1.54) is 16.3 Å². The van der Waals surface area contributed by atoms with E-state index in [0.717, 1.165) is 50.3 Å². The monoisotopic (exact) mass is 423 g/mol. The Labute approximate surface area is 189 Å². The number of fused-ring (bicyclic) bond motifs is 1. The molecule has 0 atom stereocenters. The zero-order valence-corrected chi connectivity index (χ0v) is 18.3. The Balaban J connectivity index is 1.24. The van der Waals surface area contributed by atoms with Crippen molar-refractivity contribution in [1.29, 1.82) is 0 Å². The van der Waals surface area contributed by atoms with Gasteiger partial charge < -0.3 is 14.9 Å². The molecule has 0 saturated carbocycles. The van der Waals surface area contributed by atoms with E-state index in [1.54, 1.807) is 12.3 Å². The van der Waals surface area contributed by atoms with Gasteiger partial charge in [0.05, 0.1) is 11.9 Å². The lowest BCUT2D eigenvalue weighted by Crippen LogP contribution is -2.43. The van der Waals surface area contributed by atoms with Crippen molar-refractivity contribution < 1.29 is 5.11 Å². The zero-order chi connectivity index (χ0) is 21.8. The van der Waals surface area contributed by atoms with E-state index in [9.17, 15) is 5.11 Å². The van der Waals surface area contributed by atoms with Crippen molar-refractivity contribution in [3.8, 4) is 5.75 Å². The van der Waals surface area contributed by atoms with Gasteiger partial charge in [0.1, 0.15) is 5.75 Å². The molecule has 0 spiro atoms. The fourth-order valence-corrected chi connectivity index (χ4v) is 4.79. The number of hydrogen-bond donors (Lipinski definition) is 1. The van der Waals surface area contributed by atoms with Crippen LogP contribution in [0.25, 0.3) is 10.8 Å². The fraction of sp³-hybridized carbons (Fsp3) is 0.250. The van der Waals surface area contributed by atoms with Crippen molar-refractivity contribution in [2.24, 2.45) is 0 Å². The van der Waals surface area contributed by atoms with Crippen LogP contribution in [0.2, 0.25) is 0 Å². The molecule has 0 aliphatic carbocycles. The first-order valence-corrected chi connectivity index (χ1v) is 11.4. The van der Waals surface area contributed by atoms with Gasteiger partial charge in [-0.05, 0) is 59.9 Å². The van der Waals surface area contributed by atoms with Crippen molar-refractivity contribution in [2.75, 3.05) is 24.5 Å². The highest BCUT2D eigenvalue weighted by atomic mass is 16.3. The minimum absolute atomic E-state index is 0.296. The third-order valence-corrected chi connectivity index (χ3v) is 6.48. The summed E-state index contributed by atoms with van der Waals surface area (Å²) in [6.45, 7) is 3.24. The van der Waals surface area contributed by atoms with E-state index in [0.29, 0.717) is 11.8 Å². The van der Waals surface area contributed by atoms with E-state index in [4.69, 9.17) is 0 Å². The second-order valence-corrected chi connectivity index (χ2v) is 8.61. The normalized spacial score (nSPS) is 15.1. The predicted octanol–water partition coefficient (Wildman–Crippen LogP) is 5.79. The molecule has 4 heteroatoms. The lowest BCUT2D eigenvalue weighted by molar-refractivity contribution is 0.215. The van der Waals surface area contributed by atoms with Gasteiger partial charge in [-0.1, -0.05) is 48.5 Å². The molecule has 3 aromatic carbocycles. The number of aromatic hydroxyl groups is 1. The molecule has 1 aromatic heterocycles. The quantitative estimate of drug-likeness (QED) is 0.426. The maximum absolute atomic E-state index is 10.0. The van der Waals surface area contributed by atoms with E-state index in [2.05, 4.69) is 69.4 Å². The Kier molecular flexibility index (Phi) is 6.04. The van der Waals surface area contributed by atoms with Crippen molar-refractivity contribution in [1.82, 2.24) is 9.88 Å². The number of phenolic OH excluding ortho intramolecular Hbond substituents is 1. The average molecular weight is 424 g/mol. The van der Waals surface area contributed by atoms with Gasteiger partial charge in [-0.2, -0.15) is 0 Å². The largest absolute Gasteiger partial charge is 0.508 e. The van der Waals surface area contributed by atoms with E-state index >= 15 is 0 Å². The minimum Gasteiger partial charge on any atom is -0.508 e. The first-order valence-electron chi connectivity index (χ1n) is 11.4. The summed E-state index contributed by atoms with van der Waals surface area (Å²) < 4.78 is 0. The first-order chi connectivity index (χ1) is 15.8. The summed E-state index contributed by atoms with van der Waals surface area (Å²) in [4.78, 5) is 9.25. The van der Waals surface area contributed by atoms with Gasteiger partial charge in [-0.15, -0.1) is 0 Å². The summed E-state index contributed by atoms with van der Waals surface area (Å²) in [5.41, 5.74) is 3.50. The zero-order valence-electron chi connectivity index (χ0n) is 18.3. The molecule has 1 aliphatic rings. The number of likely N-dealkylation sites (tertiary alicyclic amines) is 1. The number of hydrogen-bond acceptors (Lipinski definition) is 4. The van der Waals surface area contributed by atoms with E-state index in [1.807, 2.05) is 24.4 Å². The standard InChI is InChI=1S/C28H29N3O/c32-28-9-3-7-26(20-28)31(27-8-4-15-29-21-27)25-13-17-30(18-14-25)16-12-22-10-11-23-5-1-2-6-24(23)19-22/h1-11,15,19-21,25,32H,12-14,16-18H2. The van der Waals surface area contributed by atoms with Crippen LogP contribution in [0.5, 0.6) is 5.75 Å². The van der Waals surface area contributed by atoms with Gasteiger partial charge in [-0.3, -0.25) is 4.98 Å². The Bertz CT molecular complexity index is 1170. The molecule has 5 rings (SSSR count). The molecular weight excluding hydrogens is 394 g/mol. The molecule has 1 N–H and O–H groups in total. The minimum atomic E-state index is 0.296. The number of benzene rings is 3. The fourth-order valence-electron chi connectivity index (χ4n) is 4.79. The summed E-state index contributed by atoms with van der Waals surface area (Å²) in [6, 6.07) is 27.4. The molecule has 1 fully saturated rings. The summed E-state index contributed by atoms with van der Waals surface area (Å²) in [7, 11) is 0. The van der Waals surface area contributed by atoms with Crippen LogP contribution < -0.4 is 4.90 Å². The molecule has 4 aromatic rings. The molecule has 32 heavy (non-hydrogen) atoms. The van der Waals surface area contributed by atoms with Crippen LogP contribution in [0.4, 0.5) is 11.4 Å². The van der Waals surface area contributed by atoms with Gasteiger partial charge in [0, 0.05) is 43.6 Å². The number of rotatable bonds is 6. The first kappa shape index (κ1) is 20.5. The SMILES string of the molecule is Oc1cccc(N(c2cccnc2)C2CCN(CCc3ccc4ccccc4c3)CC2)c1. The second kappa shape index (κ2) is 9.41. The van der Waals surface area contributed by atoms with Gasteiger partial charge in [0.2, 0.25) is 0 Å². The highest BCUT2D eigenvalue weighted by molar-refractivity contribution is 5.83. The molecule has 162 valence electrons. The van der Waals surface area contributed by atoms with Crippen molar-refractivity contribution in [3.63, 3.8) is 0 Å². The average Bonchev–Trinajstić information content (AvgIpc) is 2.84. The smallest absolute Gasteiger partial charge is 0.117 e. The predicted molar refractivity (Wildman–Crippen MR) is 132 cm³/mol. The number of phenols is 1. The molecule has 0 bridgehead atoms. The summed E-state index contributed by atoms with van der Waals surface area (Å²) in [6.07, 6.45) is 6.97. The Hall–Kier alpha value is -3.37. The summed E-state index contributed by atoms with van der Waals surface area (Å²) in [5, 5.41) is 12.7. The van der Waals surface area contributed by atoms with Crippen LogP contribution in [-0.2, 0) is 6.42 Å². The number of anilines is 2. The summed E-state index contributed by atoms with van der Waals surface area (Å²) >= 11 is 0. The van der Waals surface area contributed by atoms with Crippen LogP contribution in [0.3, 0.4) is 0 Å². The second-order valence-electron chi connectivity index (χ2n) is 8.61. The Morgan fingerprint density at radius 1 is 0.844 bits per heavy atom. The molecule has 0 amide bonds. The van der Waals surface area contributed by atoms with Gasteiger partial charge >= 0.3 is 0 Å². The van der Waals surface area contributed by atoms with Crippen LogP contribution in [0.15, 0.2) is 91.3 Å². The molecule has 1 aliphatic heterocycles. The highest BCUT2D eigenvalue weighted by Gasteiger charge is 2.26. The molecular formula is C28H29N3O. The lowest BCUT2D eigenvalue weighted by atomic mass is 10.00. The summed E-state index contributed by atoms with van der Waals surface area (Å²) in [5.74, 6) is 0.296. The molecule has 0 unspecified atom stereocenters. The van der Waals surface area contributed by atoms with Crippen molar-refractivity contribution >= 4 is 22.1 Å². The van der Waals surface area contributed by atoms with Crippen LogP contribution in [-0.4, -0.2) is 40.7 Å². The van der Waals surface area contributed by atoms with E-state index < -0.39 is 0 Å². The van der Waals surface area contributed by atoms with Crippen molar-refractivity contribution in [2.45, 2.75) is 25.3 Å². The number of aromatic nitrogens is 1. The molecule has 0 radical (unpaired) electrons. The number of piperidine rings is 1. The van der Waals surface area contributed by atoms with Crippen LogP contribution in [0, 0.1) is 0 Å². The maximum atomic E-state index is 10.0. The topological polar surface area (TPSA) is 39.6 Å². The maximum Gasteiger partial charge on any atom is 0.117 e. The van der Waals surface area contributed by atoms with Crippen LogP contribution in [0.1, 0.15) is 18.4 Å². The molecule has 1 saturated heterocycles. The number of nitrogens with zero attached hydrogens (tertiary/aromatic N) is 3. The third kappa shape index (κ3) is 4.61. The van der Waals surface area contributed by atoms with Gasteiger partial charge in [-0.25, -0.2) is 0 Å². The van der Waals surface area contributed by atoms with Gasteiger partial charge in [0.25, 0.3) is 0 Å². The molecule has 4 nitrogen and oxygen atoms in total. The van der Waals surface area contributed by atoms with Crippen LogP contribution >= 0.6 is 0 Å². The molecule has 2 heterocycles. The van der Waals surface area contributed by atoms with E-state index in [-0.39, 0.29) is 0 Å². The Morgan fingerprint density at radius 3 is 2.44 bits per heavy atom. The highest BCUT2D eigenvalue weighted by Crippen LogP contribution is 2.33. The number of pyridine rings is 1.